The van der Waals surface area contributed by atoms with Crippen LogP contribution in [0.2, 0.25) is 0 Å². The zero-order chi connectivity index (χ0) is 18.1. The molecule has 0 saturated heterocycles. The average molecular weight is 350 g/mol. The van der Waals surface area contributed by atoms with E-state index < -0.39 is 0 Å². The van der Waals surface area contributed by atoms with Crippen LogP contribution >= 0.6 is 0 Å². The Balaban J connectivity index is 1.77. The van der Waals surface area contributed by atoms with Crippen molar-refractivity contribution in [1.82, 2.24) is 14.6 Å². The van der Waals surface area contributed by atoms with Crippen LogP contribution in [0.25, 0.3) is 5.65 Å². The van der Waals surface area contributed by atoms with Gasteiger partial charge < -0.3 is 16.8 Å². The first kappa shape index (κ1) is 16.8. The predicted molar refractivity (Wildman–Crippen MR) is 106 cm³/mol. The van der Waals surface area contributed by atoms with Gasteiger partial charge in [0.15, 0.2) is 5.65 Å². The van der Waals surface area contributed by atoms with E-state index in [2.05, 4.69) is 46.6 Å². The maximum absolute atomic E-state index is 6.38. The molecule has 6 nitrogen and oxygen atoms in total. The van der Waals surface area contributed by atoms with Crippen molar-refractivity contribution in [3.63, 3.8) is 0 Å². The Bertz CT molecular complexity index is 891. The van der Waals surface area contributed by atoms with Gasteiger partial charge in [0, 0.05) is 29.7 Å². The van der Waals surface area contributed by atoms with Gasteiger partial charge >= 0.3 is 0 Å². The van der Waals surface area contributed by atoms with E-state index in [1.807, 2.05) is 6.20 Å². The molecule has 0 radical (unpaired) electrons. The van der Waals surface area contributed by atoms with Crippen molar-refractivity contribution in [2.45, 2.75) is 51.0 Å². The van der Waals surface area contributed by atoms with Gasteiger partial charge in [-0.15, -0.1) is 5.10 Å². The van der Waals surface area contributed by atoms with E-state index in [0.717, 1.165) is 54.7 Å². The van der Waals surface area contributed by atoms with Crippen LogP contribution in [0.4, 0.5) is 17.2 Å². The number of benzene rings is 1. The molecule has 0 aliphatic heterocycles. The Morgan fingerprint density at radius 2 is 1.88 bits per heavy atom. The zero-order valence-electron chi connectivity index (χ0n) is 15.2. The summed E-state index contributed by atoms with van der Waals surface area (Å²) in [6, 6.07) is 8.81. The van der Waals surface area contributed by atoms with Crippen LogP contribution in [0.1, 0.15) is 49.7 Å². The van der Waals surface area contributed by atoms with Gasteiger partial charge in [-0.1, -0.05) is 19.1 Å². The number of nitrogens with one attached hydrogen (secondary N) is 1. The fourth-order valence-corrected chi connectivity index (χ4v) is 3.89. The largest absolute Gasteiger partial charge is 0.382 e. The summed E-state index contributed by atoms with van der Waals surface area (Å²) in [6.07, 6.45) is 8.73. The Morgan fingerprint density at radius 1 is 1.15 bits per heavy atom. The Hall–Kier alpha value is -2.60. The van der Waals surface area contributed by atoms with E-state index in [9.17, 15) is 0 Å². The van der Waals surface area contributed by atoms with E-state index in [1.54, 1.807) is 10.7 Å². The molecule has 0 unspecified atom stereocenters. The maximum Gasteiger partial charge on any atom is 0.177 e. The lowest BCUT2D eigenvalue weighted by atomic mass is 9.81. The van der Waals surface area contributed by atoms with Crippen molar-refractivity contribution >= 4 is 22.8 Å². The molecule has 2 heterocycles. The van der Waals surface area contributed by atoms with Crippen molar-refractivity contribution in [2.75, 3.05) is 11.1 Å². The third kappa shape index (κ3) is 3.12. The minimum absolute atomic E-state index is 0.300. The summed E-state index contributed by atoms with van der Waals surface area (Å²) in [5.74, 6) is 0.935. The van der Waals surface area contributed by atoms with Gasteiger partial charge in [0.2, 0.25) is 0 Å². The SMILES string of the molecule is CCc1ccc(Nc2c3nccn3nc(N)c2[C@H]2CC[C@H](N)CC2)cc1. The number of aryl methyl sites for hydroxylation is 1. The normalized spacial score (nSPS) is 20.4. The molecular weight excluding hydrogens is 324 g/mol. The second kappa shape index (κ2) is 6.96. The number of fused-ring (bicyclic) bond motifs is 1. The number of nitrogen functional groups attached to an aromatic ring is 1. The number of anilines is 3. The van der Waals surface area contributed by atoms with Crippen molar-refractivity contribution in [3.05, 3.63) is 47.8 Å². The molecule has 1 saturated carbocycles. The average Bonchev–Trinajstić information content (AvgIpc) is 3.12. The first-order valence-electron chi connectivity index (χ1n) is 9.40. The summed E-state index contributed by atoms with van der Waals surface area (Å²) in [5.41, 5.74) is 17.7. The molecule has 1 aliphatic carbocycles. The van der Waals surface area contributed by atoms with E-state index in [1.165, 1.54) is 5.56 Å². The topological polar surface area (TPSA) is 94.3 Å². The Morgan fingerprint density at radius 3 is 2.58 bits per heavy atom. The molecule has 4 rings (SSSR count). The zero-order valence-corrected chi connectivity index (χ0v) is 15.2. The minimum atomic E-state index is 0.300. The first-order valence-corrected chi connectivity index (χ1v) is 9.40. The second-order valence-corrected chi connectivity index (χ2v) is 7.16. The first-order chi connectivity index (χ1) is 12.7. The molecule has 3 aromatic rings. The van der Waals surface area contributed by atoms with Crippen LogP contribution in [0.3, 0.4) is 0 Å². The van der Waals surface area contributed by atoms with Crippen LogP contribution < -0.4 is 16.8 Å². The second-order valence-electron chi connectivity index (χ2n) is 7.16. The minimum Gasteiger partial charge on any atom is -0.382 e. The molecule has 136 valence electrons. The highest BCUT2D eigenvalue weighted by molar-refractivity contribution is 5.80. The number of hydrogen-bond acceptors (Lipinski definition) is 5. The van der Waals surface area contributed by atoms with Crippen LogP contribution in [-0.4, -0.2) is 20.6 Å². The molecule has 6 heteroatoms. The molecule has 0 atom stereocenters. The summed E-state index contributed by atoms with van der Waals surface area (Å²) in [5, 5.41) is 8.09. The molecule has 5 N–H and O–H groups in total. The lowest BCUT2D eigenvalue weighted by molar-refractivity contribution is 0.396. The maximum atomic E-state index is 6.38. The Kier molecular flexibility index (Phi) is 4.51. The lowest BCUT2D eigenvalue weighted by Gasteiger charge is -2.28. The summed E-state index contributed by atoms with van der Waals surface area (Å²) >= 11 is 0. The molecule has 0 bridgehead atoms. The van der Waals surface area contributed by atoms with Gasteiger partial charge in [0.1, 0.15) is 5.82 Å². The van der Waals surface area contributed by atoms with Gasteiger partial charge in [-0.2, -0.15) is 0 Å². The molecule has 1 aromatic carbocycles. The van der Waals surface area contributed by atoms with Gasteiger partial charge in [0.05, 0.1) is 5.69 Å². The van der Waals surface area contributed by atoms with Crippen molar-refractivity contribution in [1.29, 1.82) is 0 Å². The molecule has 1 aliphatic rings. The van der Waals surface area contributed by atoms with E-state index in [-0.39, 0.29) is 0 Å². The van der Waals surface area contributed by atoms with Gasteiger partial charge in [0.25, 0.3) is 0 Å². The standard InChI is InChI=1S/C20H26N6/c1-2-13-3-9-16(10-4-13)24-18-17(14-5-7-15(21)8-6-14)19(22)25-26-12-11-23-20(18)26/h3-4,9-12,14-15,24H,2,5-8,21H2,1H3,(H2,22,25)/t14-,15-. The molecule has 1 fully saturated rings. The van der Waals surface area contributed by atoms with E-state index >= 15 is 0 Å². The fourth-order valence-electron chi connectivity index (χ4n) is 3.89. The molecule has 2 aromatic heterocycles. The summed E-state index contributed by atoms with van der Waals surface area (Å²) in [7, 11) is 0. The predicted octanol–water partition coefficient (Wildman–Crippen LogP) is 3.60. The molecule has 26 heavy (non-hydrogen) atoms. The molecular formula is C20H26N6. The number of nitrogens with two attached hydrogens (primary N) is 2. The van der Waals surface area contributed by atoms with Crippen LogP contribution in [-0.2, 0) is 6.42 Å². The number of aromatic nitrogens is 3. The van der Waals surface area contributed by atoms with E-state index in [0.29, 0.717) is 17.8 Å². The van der Waals surface area contributed by atoms with Gasteiger partial charge in [-0.3, -0.25) is 0 Å². The lowest BCUT2D eigenvalue weighted by Crippen LogP contribution is -2.26. The van der Waals surface area contributed by atoms with Gasteiger partial charge in [-0.05, 0) is 55.7 Å². The summed E-state index contributed by atoms with van der Waals surface area (Å²) < 4.78 is 1.75. The highest BCUT2D eigenvalue weighted by Crippen LogP contribution is 2.41. The highest BCUT2D eigenvalue weighted by atomic mass is 15.3. The summed E-state index contributed by atoms with van der Waals surface area (Å²) in [6.45, 7) is 2.16. The fraction of sp³-hybridized carbons (Fsp3) is 0.400. The number of nitrogens with zero attached hydrogens (tertiary/aromatic N) is 3. The monoisotopic (exact) mass is 350 g/mol. The van der Waals surface area contributed by atoms with Gasteiger partial charge in [-0.25, -0.2) is 9.50 Å². The number of hydrogen-bond donors (Lipinski definition) is 3. The third-order valence-corrected chi connectivity index (χ3v) is 5.42. The molecule has 0 spiro atoms. The van der Waals surface area contributed by atoms with Crippen molar-refractivity contribution in [3.8, 4) is 0 Å². The number of imidazole rings is 1. The van der Waals surface area contributed by atoms with Crippen LogP contribution in [0.15, 0.2) is 36.7 Å². The smallest absolute Gasteiger partial charge is 0.177 e. The quantitative estimate of drug-likeness (QED) is 0.668. The van der Waals surface area contributed by atoms with Crippen molar-refractivity contribution in [2.24, 2.45) is 5.73 Å². The van der Waals surface area contributed by atoms with E-state index in [4.69, 9.17) is 11.5 Å². The van der Waals surface area contributed by atoms with Crippen molar-refractivity contribution < 1.29 is 0 Å². The Labute approximate surface area is 153 Å². The summed E-state index contributed by atoms with van der Waals surface area (Å²) in [4.78, 5) is 4.52. The van der Waals surface area contributed by atoms with Crippen LogP contribution in [0.5, 0.6) is 0 Å². The molecule has 0 amide bonds. The third-order valence-electron chi connectivity index (χ3n) is 5.42. The van der Waals surface area contributed by atoms with Crippen LogP contribution in [0, 0.1) is 0 Å². The number of rotatable bonds is 4. The highest BCUT2D eigenvalue weighted by Gasteiger charge is 2.27.